The highest BCUT2D eigenvalue weighted by Gasteiger charge is 2.26. The molecule has 0 spiro atoms. The standard InChI is InChI=1S/C25H24N6O7S/c1-38-25(37)19(11-28-22(34)13-5-14(32)7-15(33)6-13)30-24(36)21-17(26)8-20(39-21)23(35)27-9-12-3-2-4-18-16(12)10-29-31-18/h2-8,10,19,32-33H,9,11,26H2,1H3,(H,27,35)(H,28,34)(H,29,31)(H,30,36)/t19-/m0/s1. The number of aromatic nitrogens is 2. The Bertz CT molecular complexity index is 1540. The Kier molecular flexibility index (Phi) is 7.96. The van der Waals surface area contributed by atoms with E-state index in [4.69, 9.17) is 10.5 Å². The summed E-state index contributed by atoms with van der Waals surface area (Å²) in [7, 11) is 1.11. The zero-order valence-electron chi connectivity index (χ0n) is 20.5. The average molecular weight is 553 g/mol. The van der Waals surface area contributed by atoms with Crippen molar-refractivity contribution >= 4 is 51.6 Å². The number of aromatic hydroxyl groups is 2. The van der Waals surface area contributed by atoms with Crippen LogP contribution in [0.2, 0.25) is 0 Å². The summed E-state index contributed by atoms with van der Waals surface area (Å²) in [5, 5.41) is 34.5. The first kappa shape index (κ1) is 26.9. The van der Waals surface area contributed by atoms with E-state index in [0.29, 0.717) is 0 Å². The number of methoxy groups -OCH3 is 1. The highest BCUT2D eigenvalue weighted by atomic mass is 32.1. The van der Waals surface area contributed by atoms with Crippen LogP contribution in [0.4, 0.5) is 5.69 Å². The number of H-pyrrole nitrogens is 1. The number of hydrogen-bond acceptors (Lipinski definition) is 10. The van der Waals surface area contributed by atoms with Crippen LogP contribution in [0.15, 0.2) is 48.7 Å². The van der Waals surface area contributed by atoms with Gasteiger partial charge in [0.15, 0.2) is 0 Å². The van der Waals surface area contributed by atoms with E-state index in [9.17, 15) is 29.4 Å². The van der Waals surface area contributed by atoms with Crippen LogP contribution in [0.1, 0.15) is 35.3 Å². The van der Waals surface area contributed by atoms with E-state index in [2.05, 4.69) is 26.1 Å². The van der Waals surface area contributed by atoms with E-state index in [1.807, 2.05) is 18.2 Å². The lowest BCUT2D eigenvalue weighted by atomic mass is 10.1. The molecule has 202 valence electrons. The fourth-order valence-electron chi connectivity index (χ4n) is 3.72. The minimum absolute atomic E-state index is 0.00443. The minimum Gasteiger partial charge on any atom is -0.508 e. The molecule has 0 aliphatic heterocycles. The molecule has 0 saturated carbocycles. The van der Waals surface area contributed by atoms with Gasteiger partial charge in [0.05, 0.1) is 29.4 Å². The molecule has 2 aromatic carbocycles. The largest absolute Gasteiger partial charge is 0.508 e. The van der Waals surface area contributed by atoms with Crippen LogP contribution in [-0.4, -0.2) is 63.8 Å². The van der Waals surface area contributed by atoms with Gasteiger partial charge in [-0.15, -0.1) is 11.3 Å². The fourth-order valence-corrected chi connectivity index (χ4v) is 4.62. The lowest BCUT2D eigenvalue weighted by molar-refractivity contribution is -0.142. The Morgan fingerprint density at radius 3 is 2.51 bits per heavy atom. The maximum absolute atomic E-state index is 12.9. The summed E-state index contributed by atoms with van der Waals surface area (Å²) in [5.74, 6) is -3.42. The summed E-state index contributed by atoms with van der Waals surface area (Å²) in [6.45, 7) is -0.151. The van der Waals surface area contributed by atoms with Gasteiger partial charge in [-0.1, -0.05) is 12.1 Å². The van der Waals surface area contributed by atoms with Gasteiger partial charge < -0.3 is 36.6 Å². The monoisotopic (exact) mass is 552 g/mol. The Labute approximate surface area is 225 Å². The first-order valence-electron chi connectivity index (χ1n) is 11.4. The van der Waals surface area contributed by atoms with Crippen LogP contribution < -0.4 is 21.7 Å². The van der Waals surface area contributed by atoms with E-state index in [1.54, 1.807) is 6.20 Å². The number of carbonyl (C=O) groups is 4. The second-order valence-corrected chi connectivity index (χ2v) is 9.38. The number of amides is 3. The van der Waals surface area contributed by atoms with Gasteiger partial charge in [0.25, 0.3) is 17.7 Å². The number of nitrogens with zero attached hydrogens (tertiary/aromatic N) is 1. The molecule has 0 aliphatic carbocycles. The Balaban J connectivity index is 1.40. The molecule has 0 fully saturated rings. The van der Waals surface area contributed by atoms with Crippen molar-refractivity contribution in [2.75, 3.05) is 19.4 Å². The Morgan fingerprint density at radius 1 is 1.05 bits per heavy atom. The molecular formula is C25H24N6O7S. The maximum Gasteiger partial charge on any atom is 0.330 e. The summed E-state index contributed by atoms with van der Waals surface area (Å²) >= 11 is 0.839. The molecule has 3 amide bonds. The van der Waals surface area contributed by atoms with Crippen molar-refractivity contribution in [2.24, 2.45) is 0 Å². The molecule has 8 N–H and O–H groups in total. The van der Waals surface area contributed by atoms with Gasteiger partial charge in [0.2, 0.25) is 0 Å². The first-order chi connectivity index (χ1) is 18.7. The van der Waals surface area contributed by atoms with Gasteiger partial charge in [-0.2, -0.15) is 5.10 Å². The van der Waals surface area contributed by atoms with Gasteiger partial charge >= 0.3 is 5.97 Å². The highest BCUT2D eigenvalue weighted by Crippen LogP contribution is 2.25. The second-order valence-electron chi connectivity index (χ2n) is 8.32. The Morgan fingerprint density at radius 2 is 1.79 bits per heavy atom. The second kappa shape index (κ2) is 11.5. The number of ether oxygens (including phenoxy) is 1. The lowest BCUT2D eigenvalue weighted by Gasteiger charge is -2.17. The molecule has 0 bridgehead atoms. The molecule has 4 aromatic rings. The van der Waals surface area contributed by atoms with Crippen molar-refractivity contribution in [1.29, 1.82) is 0 Å². The van der Waals surface area contributed by atoms with E-state index >= 15 is 0 Å². The summed E-state index contributed by atoms with van der Waals surface area (Å²) in [5.41, 5.74) is 7.63. The topological polar surface area (TPSA) is 209 Å². The number of esters is 1. The molecule has 0 radical (unpaired) electrons. The number of carbonyl (C=O) groups excluding carboxylic acids is 4. The maximum atomic E-state index is 12.9. The fraction of sp³-hybridized carbons (Fsp3) is 0.160. The van der Waals surface area contributed by atoms with Gasteiger partial charge in [0, 0.05) is 30.1 Å². The van der Waals surface area contributed by atoms with E-state index in [0.717, 1.165) is 53.1 Å². The van der Waals surface area contributed by atoms with Crippen LogP contribution in [-0.2, 0) is 16.1 Å². The quantitative estimate of drug-likeness (QED) is 0.149. The van der Waals surface area contributed by atoms with E-state index in [1.165, 1.54) is 6.07 Å². The zero-order valence-corrected chi connectivity index (χ0v) is 21.3. The Hall–Kier alpha value is -5.11. The number of nitrogen functional groups attached to an aromatic ring is 1. The van der Waals surface area contributed by atoms with Gasteiger partial charge in [-0.05, 0) is 29.8 Å². The summed E-state index contributed by atoms with van der Waals surface area (Å²) in [4.78, 5) is 50.5. The van der Waals surface area contributed by atoms with Crippen LogP contribution in [0.5, 0.6) is 11.5 Å². The number of phenolic OH excluding ortho intramolecular Hbond substituents is 2. The van der Waals surface area contributed by atoms with Crippen molar-refractivity contribution < 1.29 is 34.1 Å². The lowest BCUT2D eigenvalue weighted by Crippen LogP contribution is -2.48. The molecule has 39 heavy (non-hydrogen) atoms. The van der Waals surface area contributed by atoms with Crippen molar-refractivity contribution in [3.05, 3.63) is 69.5 Å². The van der Waals surface area contributed by atoms with Gasteiger partial charge in [-0.3, -0.25) is 19.5 Å². The molecule has 0 saturated heterocycles. The summed E-state index contributed by atoms with van der Waals surface area (Å²) in [6.07, 6.45) is 1.66. The number of nitrogens with one attached hydrogen (secondary N) is 4. The molecule has 4 rings (SSSR count). The molecular weight excluding hydrogens is 528 g/mol. The third-order valence-electron chi connectivity index (χ3n) is 5.63. The molecule has 0 unspecified atom stereocenters. The number of aromatic amines is 1. The number of anilines is 1. The molecule has 13 nitrogen and oxygen atoms in total. The van der Waals surface area contributed by atoms with E-state index in [-0.39, 0.29) is 45.6 Å². The number of phenols is 2. The number of fused-ring (bicyclic) bond motifs is 1. The van der Waals surface area contributed by atoms with Crippen molar-refractivity contribution in [1.82, 2.24) is 26.1 Å². The van der Waals surface area contributed by atoms with Crippen LogP contribution in [0.25, 0.3) is 10.9 Å². The van der Waals surface area contributed by atoms with Crippen molar-refractivity contribution in [3.63, 3.8) is 0 Å². The third kappa shape index (κ3) is 6.24. The molecule has 1 atom stereocenters. The van der Waals surface area contributed by atoms with Crippen LogP contribution in [0, 0.1) is 0 Å². The molecule has 14 heteroatoms. The molecule has 2 heterocycles. The van der Waals surface area contributed by atoms with Crippen molar-refractivity contribution in [2.45, 2.75) is 12.6 Å². The van der Waals surface area contributed by atoms with Gasteiger partial charge in [-0.25, -0.2) is 4.79 Å². The number of nitrogens with two attached hydrogens (primary N) is 1. The average Bonchev–Trinajstić information content (AvgIpc) is 3.55. The normalized spacial score (nSPS) is 11.5. The summed E-state index contributed by atoms with van der Waals surface area (Å²) < 4.78 is 4.71. The number of benzene rings is 2. The molecule has 2 aromatic heterocycles. The van der Waals surface area contributed by atoms with E-state index < -0.39 is 29.7 Å². The predicted octanol–water partition coefficient (Wildman–Crippen LogP) is 1.25. The minimum atomic E-state index is -1.30. The van der Waals surface area contributed by atoms with Crippen LogP contribution in [0.3, 0.4) is 0 Å². The van der Waals surface area contributed by atoms with Crippen molar-refractivity contribution in [3.8, 4) is 11.5 Å². The number of hydrogen-bond donors (Lipinski definition) is 7. The number of thiophene rings is 1. The number of rotatable bonds is 9. The first-order valence-corrected chi connectivity index (χ1v) is 12.3. The zero-order chi connectivity index (χ0) is 28.1. The molecule has 0 aliphatic rings. The smallest absolute Gasteiger partial charge is 0.330 e. The third-order valence-corrected chi connectivity index (χ3v) is 6.78. The van der Waals surface area contributed by atoms with Crippen LogP contribution >= 0.6 is 11.3 Å². The van der Waals surface area contributed by atoms with Gasteiger partial charge in [0.1, 0.15) is 22.4 Å². The highest BCUT2D eigenvalue weighted by molar-refractivity contribution is 7.16. The SMILES string of the molecule is COC(=O)[C@H](CNC(=O)c1cc(O)cc(O)c1)NC(=O)c1sc(C(=O)NCc2cccc3[nH]ncc23)cc1N. The predicted molar refractivity (Wildman–Crippen MR) is 141 cm³/mol. The summed E-state index contributed by atoms with van der Waals surface area (Å²) in [6, 6.07) is 8.90.